The summed E-state index contributed by atoms with van der Waals surface area (Å²) in [5.74, 6) is -0.108. The summed E-state index contributed by atoms with van der Waals surface area (Å²) in [6.07, 6.45) is 1.75. The average molecular weight is 225 g/mol. The highest BCUT2D eigenvalue weighted by molar-refractivity contribution is 5.45. The molecule has 3 nitrogen and oxygen atoms in total. The van der Waals surface area contributed by atoms with Crippen molar-refractivity contribution in [3.05, 3.63) is 29.1 Å². The van der Waals surface area contributed by atoms with Crippen LogP contribution in [0.3, 0.4) is 0 Å². The topological polar surface area (TPSA) is 44.5 Å². The number of ether oxygens (including phenoxy) is 2. The third-order valence-electron chi connectivity index (χ3n) is 2.94. The smallest absolute Gasteiger partial charge is 0.165 e. The van der Waals surface area contributed by atoms with Gasteiger partial charge >= 0.3 is 0 Å². The van der Waals surface area contributed by atoms with Crippen LogP contribution in [0.4, 0.5) is 4.39 Å². The van der Waals surface area contributed by atoms with Crippen molar-refractivity contribution in [3.8, 4) is 5.75 Å². The molecule has 0 spiro atoms. The third-order valence-corrected chi connectivity index (χ3v) is 2.94. The number of hydrogen-bond donors (Lipinski definition) is 1. The molecule has 1 aliphatic rings. The van der Waals surface area contributed by atoms with Crippen LogP contribution in [0.1, 0.15) is 24.0 Å². The molecule has 0 unspecified atom stereocenters. The fourth-order valence-electron chi connectivity index (χ4n) is 1.88. The first-order chi connectivity index (χ1) is 7.60. The number of hydrogen-bond acceptors (Lipinski definition) is 3. The second-order valence-corrected chi connectivity index (χ2v) is 4.25. The van der Waals surface area contributed by atoms with E-state index in [0.717, 1.165) is 24.0 Å². The number of benzene rings is 1. The Morgan fingerprint density at radius 2 is 2.06 bits per heavy atom. The molecule has 0 amide bonds. The van der Waals surface area contributed by atoms with Gasteiger partial charge in [-0.1, -0.05) is 0 Å². The number of nitrogens with two attached hydrogens (primary N) is 1. The van der Waals surface area contributed by atoms with Gasteiger partial charge in [-0.2, -0.15) is 0 Å². The summed E-state index contributed by atoms with van der Waals surface area (Å²) in [6, 6.07) is 3.30. The lowest BCUT2D eigenvalue weighted by Crippen LogP contribution is -2.20. The van der Waals surface area contributed by atoms with Crippen molar-refractivity contribution >= 4 is 0 Å². The van der Waals surface area contributed by atoms with Crippen LogP contribution in [0.5, 0.6) is 5.75 Å². The van der Waals surface area contributed by atoms with E-state index in [9.17, 15) is 4.39 Å². The zero-order valence-electron chi connectivity index (χ0n) is 9.55. The monoisotopic (exact) mass is 225 g/mol. The van der Waals surface area contributed by atoms with Crippen LogP contribution in [0.15, 0.2) is 12.1 Å². The first kappa shape index (κ1) is 11.4. The van der Waals surface area contributed by atoms with E-state index in [0.29, 0.717) is 6.61 Å². The maximum absolute atomic E-state index is 13.8. The molecule has 0 aliphatic heterocycles. The summed E-state index contributed by atoms with van der Waals surface area (Å²) in [7, 11) is 3.04. The van der Waals surface area contributed by atoms with E-state index in [4.69, 9.17) is 15.2 Å². The van der Waals surface area contributed by atoms with Crippen molar-refractivity contribution in [2.24, 2.45) is 5.73 Å². The van der Waals surface area contributed by atoms with E-state index in [2.05, 4.69) is 0 Å². The first-order valence-corrected chi connectivity index (χ1v) is 5.25. The molecule has 1 fully saturated rings. The third kappa shape index (κ3) is 1.90. The Morgan fingerprint density at radius 3 is 2.56 bits per heavy atom. The van der Waals surface area contributed by atoms with E-state index < -0.39 is 5.54 Å². The molecule has 0 radical (unpaired) electrons. The quantitative estimate of drug-likeness (QED) is 0.851. The van der Waals surface area contributed by atoms with Crippen LogP contribution in [-0.4, -0.2) is 14.2 Å². The summed E-state index contributed by atoms with van der Waals surface area (Å²) in [5, 5.41) is 0. The van der Waals surface area contributed by atoms with Gasteiger partial charge in [0.15, 0.2) is 11.6 Å². The van der Waals surface area contributed by atoms with E-state index in [1.807, 2.05) is 6.07 Å². The normalized spacial score (nSPS) is 17.2. The lowest BCUT2D eigenvalue weighted by Gasteiger charge is -2.16. The van der Waals surface area contributed by atoms with Gasteiger partial charge in [0.05, 0.1) is 13.7 Å². The Bertz CT molecular complexity index is 402. The van der Waals surface area contributed by atoms with Crippen molar-refractivity contribution in [1.29, 1.82) is 0 Å². The predicted molar refractivity (Wildman–Crippen MR) is 58.8 cm³/mol. The van der Waals surface area contributed by atoms with Gasteiger partial charge in [-0.3, -0.25) is 0 Å². The zero-order chi connectivity index (χ0) is 11.8. The Morgan fingerprint density at radius 1 is 1.38 bits per heavy atom. The van der Waals surface area contributed by atoms with Crippen LogP contribution in [-0.2, 0) is 16.9 Å². The van der Waals surface area contributed by atoms with Crippen molar-refractivity contribution in [2.45, 2.75) is 25.0 Å². The molecule has 0 aromatic heterocycles. The molecule has 16 heavy (non-hydrogen) atoms. The highest BCUT2D eigenvalue weighted by Crippen LogP contribution is 2.47. The second kappa shape index (κ2) is 4.03. The van der Waals surface area contributed by atoms with Gasteiger partial charge in [0.2, 0.25) is 0 Å². The fraction of sp³-hybridized carbons (Fsp3) is 0.500. The average Bonchev–Trinajstić information content (AvgIpc) is 2.97. The number of rotatable bonds is 4. The van der Waals surface area contributed by atoms with E-state index in [1.54, 1.807) is 7.11 Å². The fourth-order valence-corrected chi connectivity index (χ4v) is 1.88. The van der Waals surface area contributed by atoms with Crippen LogP contribution >= 0.6 is 0 Å². The van der Waals surface area contributed by atoms with Crippen molar-refractivity contribution in [2.75, 3.05) is 14.2 Å². The van der Waals surface area contributed by atoms with E-state index in [-0.39, 0.29) is 11.6 Å². The lowest BCUT2D eigenvalue weighted by atomic mass is 10.0. The molecule has 88 valence electrons. The largest absolute Gasteiger partial charge is 0.493 e. The van der Waals surface area contributed by atoms with Gasteiger partial charge < -0.3 is 15.2 Å². The number of methoxy groups -OCH3 is 2. The summed E-state index contributed by atoms with van der Waals surface area (Å²) >= 11 is 0. The minimum atomic E-state index is -0.407. The van der Waals surface area contributed by atoms with Crippen molar-refractivity contribution < 1.29 is 13.9 Å². The first-order valence-electron chi connectivity index (χ1n) is 5.25. The van der Waals surface area contributed by atoms with Gasteiger partial charge in [-0.25, -0.2) is 4.39 Å². The lowest BCUT2D eigenvalue weighted by molar-refractivity contribution is 0.184. The van der Waals surface area contributed by atoms with Gasteiger partial charge in [0.1, 0.15) is 0 Å². The summed E-state index contributed by atoms with van der Waals surface area (Å²) in [5.41, 5.74) is 7.22. The molecule has 1 aliphatic carbocycles. The highest BCUT2D eigenvalue weighted by Gasteiger charge is 2.43. The summed E-state index contributed by atoms with van der Waals surface area (Å²) in [6.45, 7) is 0.379. The van der Waals surface area contributed by atoms with Gasteiger partial charge in [-0.05, 0) is 30.5 Å². The Labute approximate surface area is 94.3 Å². The van der Waals surface area contributed by atoms with Crippen molar-refractivity contribution in [3.63, 3.8) is 0 Å². The molecular formula is C12H16FNO2. The van der Waals surface area contributed by atoms with Crippen LogP contribution in [0.2, 0.25) is 0 Å². The molecule has 0 saturated heterocycles. The molecule has 1 saturated carbocycles. The molecule has 1 aromatic carbocycles. The standard InChI is InChI=1S/C12H16FNO2/c1-15-7-8-5-9(12(14)3-4-12)11(16-2)10(13)6-8/h5-6H,3-4,7,14H2,1-2H3. The molecule has 0 heterocycles. The second-order valence-electron chi connectivity index (χ2n) is 4.25. The molecular weight excluding hydrogens is 209 g/mol. The molecule has 4 heteroatoms. The predicted octanol–water partition coefficient (Wildman–Crippen LogP) is 1.93. The number of halogens is 1. The molecule has 2 N–H and O–H groups in total. The zero-order valence-corrected chi connectivity index (χ0v) is 9.55. The van der Waals surface area contributed by atoms with Crippen LogP contribution < -0.4 is 10.5 Å². The maximum Gasteiger partial charge on any atom is 0.165 e. The van der Waals surface area contributed by atoms with Gasteiger partial charge in [0, 0.05) is 18.2 Å². The SMILES string of the molecule is COCc1cc(F)c(OC)c(C2(N)CC2)c1. The maximum atomic E-state index is 13.8. The van der Waals surface area contributed by atoms with E-state index >= 15 is 0 Å². The van der Waals surface area contributed by atoms with Gasteiger partial charge in [0.25, 0.3) is 0 Å². The van der Waals surface area contributed by atoms with Gasteiger partial charge in [-0.15, -0.1) is 0 Å². The summed E-state index contributed by atoms with van der Waals surface area (Å²) < 4.78 is 23.8. The van der Waals surface area contributed by atoms with E-state index in [1.165, 1.54) is 13.2 Å². The minimum Gasteiger partial charge on any atom is -0.493 e. The summed E-state index contributed by atoms with van der Waals surface area (Å²) in [4.78, 5) is 0. The molecule has 0 bridgehead atoms. The minimum absolute atomic E-state index is 0.264. The van der Waals surface area contributed by atoms with Crippen molar-refractivity contribution in [1.82, 2.24) is 0 Å². The molecule has 2 rings (SSSR count). The van der Waals surface area contributed by atoms with Crippen LogP contribution in [0, 0.1) is 5.82 Å². The Kier molecular flexibility index (Phi) is 2.86. The Hall–Kier alpha value is -1.13. The molecule has 1 aromatic rings. The Balaban J connectivity index is 2.46. The highest BCUT2D eigenvalue weighted by atomic mass is 19.1. The molecule has 0 atom stereocenters. The van der Waals surface area contributed by atoms with Crippen LogP contribution in [0.25, 0.3) is 0 Å².